The van der Waals surface area contributed by atoms with Crippen molar-refractivity contribution in [1.29, 1.82) is 0 Å². The monoisotopic (exact) mass is 718 g/mol. The molecule has 0 aliphatic heterocycles. The highest BCUT2D eigenvalue weighted by Gasteiger charge is 2.49. The average molecular weight is 718 g/mol. The van der Waals surface area contributed by atoms with Crippen LogP contribution in [0.5, 0.6) is 5.75 Å². The van der Waals surface area contributed by atoms with Gasteiger partial charge in [0.25, 0.3) is 0 Å². The van der Waals surface area contributed by atoms with Crippen LogP contribution in [0, 0.1) is 87.3 Å². The van der Waals surface area contributed by atoms with Gasteiger partial charge in [-0.25, -0.2) is 65.9 Å². The van der Waals surface area contributed by atoms with E-state index in [0.29, 0.717) is 12.1 Å². The number of phenolic OH excluding ortho intramolecular Hbond substituents is 1. The third kappa shape index (κ3) is 5.30. The van der Waals surface area contributed by atoms with Crippen LogP contribution in [0.1, 0.15) is 54.1 Å². The number of aromatic hydroxyl groups is 1. The van der Waals surface area contributed by atoms with E-state index in [2.05, 4.69) is 0 Å². The second kappa shape index (κ2) is 11.9. The Morgan fingerprint density at radius 3 is 0.755 bits per heavy atom. The molecule has 0 amide bonds. The summed E-state index contributed by atoms with van der Waals surface area (Å²) in [5.74, 6) is -46.9. The van der Waals surface area contributed by atoms with Crippen LogP contribution in [-0.4, -0.2) is 11.3 Å². The predicted molar refractivity (Wildman–Crippen MR) is 150 cm³/mol. The lowest BCUT2D eigenvalue weighted by Gasteiger charge is -2.46. The van der Waals surface area contributed by atoms with Crippen LogP contribution in [0.3, 0.4) is 0 Å². The number of halogens is 15. The molecule has 0 aromatic heterocycles. The minimum atomic E-state index is -5.99. The SMILES string of the molecule is CC(C)(C)c1cc([B-](c2c(F)c(F)c(F)c(F)c2F)(c2c(F)c(F)c(F)c(F)c2F)c2c(F)c(F)c(F)c(F)c2F)cc(C(C)(C)C)c1O.[H+]. The van der Waals surface area contributed by atoms with Crippen molar-refractivity contribution >= 4 is 28.0 Å². The van der Waals surface area contributed by atoms with E-state index in [1.807, 2.05) is 0 Å². The highest BCUT2D eigenvalue weighted by Crippen LogP contribution is 2.39. The molecule has 0 aliphatic carbocycles. The van der Waals surface area contributed by atoms with Crippen molar-refractivity contribution < 1.29 is 72.4 Å². The second-order valence-electron chi connectivity index (χ2n) is 13.3. The topological polar surface area (TPSA) is 20.2 Å². The van der Waals surface area contributed by atoms with Crippen molar-refractivity contribution in [2.24, 2.45) is 0 Å². The highest BCUT2D eigenvalue weighted by atomic mass is 19.2. The molecule has 1 nitrogen and oxygen atoms in total. The van der Waals surface area contributed by atoms with Crippen LogP contribution in [0.2, 0.25) is 0 Å². The Kier molecular flexibility index (Phi) is 9.14. The minimum absolute atomic E-state index is 0. The van der Waals surface area contributed by atoms with Crippen molar-refractivity contribution in [3.8, 4) is 5.75 Å². The zero-order valence-corrected chi connectivity index (χ0v) is 25.8. The summed E-state index contributed by atoms with van der Waals surface area (Å²) >= 11 is 0. The zero-order valence-electron chi connectivity index (χ0n) is 26.8. The summed E-state index contributed by atoms with van der Waals surface area (Å²) in [6, 6.07) is 0.803. The first-order chi connectivity index (χ1) is 22.3. The van der Waals surface area contributed by atoms with E-state index in [1.165, 1.54) is 41.5 Å². The number of benzene rings is 4. The van der Waals surface area contributed by atoms with E-state index >= 15 is 26.3 Å². The smallest absolute Gasteiger partial charge is 0.507 e. The summed E-state index contributed by atoms with van der Waals surface area (Å²) in [7, 11) is 0. The molecule has 0 bridgehead atoms. The molecule has 0 aliphatic rings. The first kappa shape index (κ1) is 37.5. The minimum Gasteiger partial charge on any atom is -0.507 e. The molecular formula is C32H22BF15O. The summed E-state index contributed by atoms with van der Waals surface area (Å²) in [6.07, 6.45) is -5.99. The zero-order chi connectivity index (χ0) is 37.6. The van der Waals surface area contributed by atoms with Crippen LogP contribution < -0.4 is 21.9 Å². The van der Waals surface area contributed by atoms with E-state index in [0.717, 1.165) is 0 Å². The number of hydrogen-bond donors (Lipinski definition) is 1. The average Bonchev–Trinajstić information content (AvgIpc) is 3.01. The Labute approximate surface area is 269 Å². The molecule has 0 heterocycles. The fourth-order valence-electron chi connectivity index (χ4n) is 5.99. The van der Waals surface area contributed by atoms with Crippen LogP contribution in [0.15, 0.2) is 12.1 Å². The maximum absolute atomic E-state index is 16.0. The van der Waals surface area contributed by atoms with E-state index in [1.54, 1.807) is 0 Å². The maximum Gasteiger partial charge on any atom is 1.00 e. The molecule has 49 heavy (non-hydrogen) atoms. The summed E-state index contributed by atoms with van der Waals surface area (Å²) in [5, 5.41) is 11.2. The van der Waals surface area contributed by atoms with Crippen LogP contribution in [0.4, 0.5) is 65.9 Å². The summed E-state index contributed by atoms with van der Waals surface area (Å²) < 4.78 is 229. The lowest BCUT2D eigenvalue weighted by Crippen LogP contribution is -2.79. The fourth-order valence-corrected chi connectivity index (χ4v) is 5.99. The molecule has 4 aromatic carbocycles. The Morgan fingerprint density at radius 1 is 0.388 bits per heavy atom. The van der Waals surface area contributed by atoms with E-state index in [9.17, 15) is 44.6 Å². The lowest BCUT2D eigenvalue weighted by atomic mass is 9.12. The molecular weight excluding hydrogens is 696 g/mol. The molecule has 264 valence electrons. The maximum atomic E-state index is 16.0. The molecule has 4 aromatic rings. The number of hydrogen-bond acceptors (Lipinski definition) is 1. The van der Waals surface area contributed by atoms with Crippen molar-refractivity contribution in [3.05, 3.63) is 111 Å². The van der Waals surface area contributed by atoms with Gasteiger partial charge in [-0.1, -0.05) is 53.7 Å². The van der Waals surface area contributed by atoms with E-state index < -0.39 is 143 Å². The van der Waals surface area contributed by atoms with Gasteiger partial charge in [-0.05, 0) is 22.0 Å². The predicted octanol–water partition coefficient (Wildman–Crippen LogP) is 7.56. The van der Waals surface area contributed by atoms with Gasteiger partial charge in [0.15, 0.2) is 52.4 Å². The van der Waals surface area contributed by atoms with Crippen LogP contribution in [0.25, 0.3) is 0 Å². The molecule has 4 rings (SSSR count). The van der Waals surface area contributed by atoms with Crippen molar-refractivity contribution in [3.63, 3.8) is 0 Å². The fraction of sp³-hybridized carbons (Fsp3) is 0.250. The molecule has 1 N–H and O–H groups in total. The van der Waals surface area contributed by atoms with Crippen molar-refractivity contribution in [1.82, 2.24) is 0 Å². The summed E-state index contributed by atoms with van der Waals surface area (Å²) in [5.41, 5.74) is -13.6. The van der Waals surface area contributed by atoms with E-state index in [-0.39, 0.29) is 1.43 Å². The molecule has 0 spiro atoms. The Hall–Kier alpha value is -4.31. The third-order valence-electron chi connectivity index (χ3n) is 8.28. The Morgan fingerprint density at radius 2 is 0.571 bits per heavy atom. The van der Waals surface area contributed by atoms with Crippen LogP contribution in [-0.2, 0) is 10.8 Å². The number of phenols is 1. The standard InChI is InChI=1S/C32H21BF15O/c1-31(2,3)10-7-9(8-11(30(10)49)32(4,5)6)33(12-15(34)21(40)27(46)22(41)16(12)35,13-17(36)23(42)28(47)24(43)18(13)37)14-19(38)25(44)29(48)26(45)20(14)39/h7-8,49H,1-6H3/q-1/p+1. The molecule has 0 atom stereocenters. The highest BCUT2D eigenvalue weighted by molar-refractivity contribution is 7.20. The van der Waals surface area contributed by atoms with Gasteiger partial charge >= 0.3 is 1.43 Å². The van der Waals surface area contributed by atoms with Gasteiger partial charge in [0.2, 0.25) is 0 Å². The van der Waals surface area contributed by atoms with Crippen LogP contribution >= 0.6 is 0 Å². The van der Waals surface area contributed by atoms with Crippen molar-refractivity contribution in [2.75, 3.05) is 0 Å². The first-order valence-corrected chi connectivity index (χ1v) is 13.9. The Bertz CT molecular complexity index is 1780. The quantitative estimate of drug-likeness (QED) is 0.100. The molecule has 0 saturated heterocycles. The van der Waals surface area contributed by atoms with Gasteiger partial charge in [0.1, 0.15) is 46.8 Å². The Balaban J connectivity index is 0.00000676. The molecule has 17 heteroatoms. The van der Waals surface area contributed by atoms with Gasteiger partial charge in [0.05, 0.1) is 0 Å². The largest absolute Gasteiger partial charge is 1.00 e. The lowest BCUT2D eigenvalue weighted by molar-refractivity contribution is 0.380. The van der Waals surface area contributed by atoms with Gasteiger partial charge in [-0.3, -0.25) is 0 Å². The number of rotatable bonds is 4. The summed E-state index contributed by atoms with van der Waals surface area (Å²) in [6.45, 7) is 7.76. The molecule has 0 saturated carbocycles. The normalized spacial score (nSPS) is 12.7. The third-order valence-corrected chi connectivity index (χ3v) is 8.28. The van der Waals surface area contributed by atoms with Gasteiger partial charge < -0.3 is 5.11 Å². The van der Waals surface area contributed by atoms with E-state index in [4.69, 9.17) is 0 Å². The van der Waals surface area contributed by atoms with Gasteiger partial charge in [-0.2, -0.15) is 5.46 Å². The molecule has 0 fully saturated rings. The first-order valence-electron chi connectivity index (χ1n) is 13.9. The van der Waals surface area contributed by atoms with Gasteiger partial charge in [-0.15, -0.1) is 16.4 Å². The molecule has 0 radical (unpaired) electrons. The van der Waals surface area contributed by atoms with Gasteiger partial charge in [0, 0.05) is 0 Å². The summed E-state index contributed by atoms with van der Waals surface area (Å²) in [4.78, 5) is 0. The second-order valence-corrected chi connectivity index (χ2v) is 13.3. The molecule has 0 unspecified atom stereocenters. The van der Waals surface area contributed by atoms with Crippen molar-refractivity contribution in [2.45, 2.75) is 52.4 Å².